The van der Waals surface area contributed by atoms with Crippen molar-refractivity contribution in [2.45, 2.75) is 5.92 Å². The fourth-order valence-electron chi connectivity index (χ4n) is 0.760. The van der Waals surface area contributed by atoms with Gasteiger partial charge in [-0.05, 0) is 12.1 Å². The molecule has 1 aromatic rings. The van der Waals surface area contributed by atoms with E-state index in [9.17, 15) is 4.79 Å². The Morgan fingerprint density at radius 3 is 2.91 bits per heavy atom. The summed E-state index contributed by atoms with van der Waals surface area (Å²) >= 11 is 0. The number of hydrogen-bond acceptors (Lipinski definition) is 2. The van der Waals surface area contributed by atoms with Crippen molar-refractivity contribution < 1.29 is 9.21 Å². The Kier molecular flexibility index (Phi) is 1.98. The van der Waals surface area contributed by atoms with E-state index in [4.69, 9.17) is 16.6 Å². The zero-order valence-corrected chi connectivity index (χ0v) is 5.78. The number of furan rings is 1. The summed E-state index contributed by atoms with van der Waals surface area (Å²) in [6.07, 6.45) is 6.50. The highest BCUT2D eigenvalue weighted by molar-refractivity contribution is 5.84. The molecule has 3 heteroatoms. The van der Waals surface area contributed by atoms with Gasteiger partial charge in [0.15, 0.2) is 5.92 Å². The van der Waals surface area contributed by atoms with Crippen LogP contribution in [0, 0.1) is 12.3 Å². The van der Waals surface area contributed by atoms with E-state index in [0.29, 0.717) is 5.76 Å². The van der Waals surface area contributed by atoms with Crippen LogP contribution in [0.4, 0.5) is 0 Å². The maximum Gasteiger partial charge on any atom is 0.240 e. The molecule has 1 unspecified atom stereocenters. The first-order valence-electron chi connectivity index (χ1n) is 3.04. The third kappa shape index (κ3) is 1.41. The molecule has 11 heavy (non-hydrogen) atoms. The lowest BCUT2D eigenvalue weighted by molar-refractivity contribution is -0.118. The normalized spacial score (nSPS) is 11.9. The highest BCUT2D eigenvalue weighted by Crippen LogP contribution is 2.13. The van der Waals surface area contributed by atoms with Crippen molar-refractivity contribution in [2.24, 2.45) is 5.73 Å². The molecule has 1 amide bonds. The number of rotatable bonds is 2. The van der Waals surface area contributed by atoms with E-state index < -0.39 is 11.8 Å². The van der Waals surface area contributed by atoms with Crippen molar-refractivity contribution in [1.82, 2.24) is 0 Å². The lowest BCUT2D eigenvalue weighted by Crippen LogP contribution is -2.19. The van der Waals surface area contributed by atoms with Gasteiger partial charge in [0.2, 0.25) is 5.91 Å². The summed E-state index contributed by atoms with van der Waals surface area (Å²) in [4.78, 5) is 10.6. The van der Waals surface area contributed by atoms with Crippen LogP contribution in [0.2, 0.25) is 0 Å². The van der Waals surface area contributed by atoms with Gasteiger partial charge in [-0.1, -0.05) is 5.92 Å². The molecule has 0 aliphatic carbocycles. The van der Waals surface area contributed by atoms with Gasteiger partial charge in [-0.15, -0.1) is 6.42 Å². The summed E-state index contributed by atoms with van der Waals surface area (Å²) in [7, 11) is 0. The number of terminal acetylenes is 1. The summed E-state index contributed by atoms with van der Waals surface area (Å²) in [5, 5.41) is 0. The molecule has 2 N–H and O–H groups in total. The standard InChI is InChI=1S/C8H7NO2/c1-2-6(8(9)10)7-4-3-5-11-7/h1,3-6H,(H2,9,10). The van der Waals surface area contributed by atoms with Crippen LogP contribution in [0.1, 0.15) is 11.7 Å². The molecule has 0 aliphatic heterocycles. The number of nitrogens with two attached hydrogens (primary N) is 1. The number of amides is 1. The average Bonchev–Trinajstić information content (AvgIpc) is 2.40. The molecule has 0 radical (unpaired) electrons. The van der Waals surface area contributed by atoms with Crippen LogP contribution in [0.5, 0.6) is 0 Å². The summed E-state index contributed by atoms with van der Waals surface area (Å²) < 4.78 is 4.90. The fourth-order valence-corrected chi connectivity index (χ4v) is 0.760. The summed E-state index contributed by atoms with van der Waals surface area (Å²) in [5.41, 5.74) is 5.00. The molecule has 1 rings (SSSR count). The fraction of sp³-hybridized carbons (Fsp3) is 0.125. The van der Waals surface area contributed by atoms with Gasteiger partial charge >= 0.3 is 0 Å². The van der Waals surface area contributed by atoms with Gasteiger partial charge in [-0.3, -0.25) is 4.79 Å². The van der Waals surface area contributed by atoms with Crippen molar-refractivity contribution in [2.75, 3.05) is 0 Å². The first kappa shape index (κ1) is 7.42. The van der Waals surface area contributed by atoms with E-state index >= 15 is 0 Å². The minimum Gasteiger partial charge on any atom is -0.467 e. The predicted molar refractivity (Wildman–Crippen MR) is 39.5 cm³/mol. The molecule has 56 valence electrons. The first-order chi connectivity index (χ1) is 5.25. The van der Waals surface area contributed by atoms with Gasteiger partial charge in [0.05, 0.1) is 6.26 Å². The Bertz CT molecular complexity index is 282. The zero-order valence-electron chi connectivity index (χ0n) is 5.78. The SMILES string of the molecule is C#CC(C(N)=O)c1ccco1. The summed E-state index contributed by atoms with van der Waals surface area (Å²) in [6, 6.07) is 3.28. The van der Waals surface area contributed by atoms with Crippen LogP contribution >= 0.6 is 0 Å². The molecule has 3 nitrogen and oxygen atoms in total. The Hall–Kier alpha value is -1.69. The molecule has 0 saturated carbocycles. The van der Waals surface area contributed by atoms with Crippen LogP contribution < -0.4 is 5.73 Å². The van der Waals surface area contributed by atoms with Crippen LogP contribution in [0.3, 0.4) is 0 Å². The number of carbonyl (C=O) groups is 1. The molecular weight excluding hydrogens is 142 g/mol. The maximum absolute atomic E-state index is 10.6. The van der Waals surface area contributed by atoms with Gasteiger partial charge in [0.1, 0.15) is 5.76 Å². The number of hydrogen-bond donors (Lipinski definition) is 1. The molecule has 1 heterocycles. The molecule has 0 aliphatic rings. The highest BCUT2D eigenvalue weighted by Gasteiger charge is 2.16. The monoisotopic (exact) mass is 149 g/mol. The van der Waals surface area contributed by atoms with Gasteiger partial charge < -0.3 is 10.2 Å². The Balaban J connectivity index is 2.91. The Morgan fingerprint density at radius 2 is 2.55 bits per heavy atom. The zero-order chi connectivity index (χ0) is 8.27. The molecule has 0 bridgehead atoms. The quantitative estimate of drug-likeness (QED) is 0.622. The lowest BCUT2D eigenvalue weighted by atomic mass is 10.1. The molecular formula is C8H7NO2. The maximum atomic E-state index is 10.6. The van der Waals surface area contributed by atoms with Gasteiger partial charge in [0.25, 0.3) is 0 Å². The van der Waals surface area contributed by atoms with E-state index in [1.165, 1.54) is 6.26 Å². The Labute approximate surface area is 64.2 Å². The summed E-state index contributed by atoms with van der Waals surface area (Å²) in [6.45, 7) is 0. The van der Waals surface area contributed by atoms with E-state index in [2.05, 4.69) is 5.92 Å². The van der Waals surface area contributed by atoms with E-state index in [1.807, 2.05) is 0 Å². The third-order valence-corrected chi connectivity index (χ3v) is 1.28. The van der Waals surface area contributed by atoms with Crippen LogP contribution in [-0.2, 0) is 4.79 Å². The van der Waals surface area contributed by atoms with Crippen LogP contribution in [-0.4, -0.2) is 5.91 Å². The minimum absolute atomic E-state index is 0.417. The topological polar surface area (TPSA) is 56.2 Å². The van der Waals surface area contributed by atoms with Crippen molar-refractivity contribution >= 4 is 5.91 Å². The van der Waals surface area contributed by atoms with Crippen molar-refractivity contribution in [3.05, 3.63) is 24.2 Å². The molecule has 1 atom stereocenters. The van der Waals surface area contributed by atoms with Crippen LogP contribution in [0.25, 0.3) is 0 Å². The van der Waals surface area contributed by atoms with E-state index in [0.717, 1.165) is 0 Å². The largest absolute Gasteiger partial charge is 0.467 e. The molecule has 0 spiro atoms. The Morgan fingerprint density at radius 1 is 1.82 bits per heavy atom. The van der Waals surface area contributed by atoms with Gasteiger partial charge in [-0.25, -0.2) is 0 Å². The smallest absolute Gasteiger partial charge is 0.240 e. The minimum atomic E-state index is -0.745. The second-order valence-corrected chi connectivity index (χ2v) is 2.02. The van der Waals surface area contributed by atoms with Gasteiger partial charge in [-0.2, -0.15) is 0 Å². The van der Waals surface area contributed by atoms with Crippen molar-refractivity contribution in [1.29, 1.82) is 0 Å². The second kappa shape index (κ2) is 2.93. The second-order valence-electron chi connectivity index (χ2n) is 2.02. The molecule has 1 aromatic heterocycles. The third-order valence-electron chi connectivity index (χ3n) is 1.28. The highest BCUT2D eigenvalue weighted by atomic mass is 16.3. The molecule has 0 saturated heterocycles. The van der Waals surface area contributed by atoms with E-state index in [-0.39, 0.29) is 0 Å². The number of carbonyl (C=O) groups excluding carboxylic acids is 1. The number of primary amides is 1. The van der Waals surface area contributed by atoms with Gasteiger partial charge in [0, 0.05) is 0 Å². The van der Waals surface area contributed by atoms with Crippen molar-refractivity contribution in [3.8, 4) is 12.3 Å². The average molecular weight is 149 g/mol. The predicted octanol–water partition coefficient (Wildman–Crippen LogP) is 0.482. The molecule has 0 fully saturated rings. The molecule has 0 aromatic carbocycles. The van der Waals surface area contributed by atoms with E-state index in [1.54, 1.807) is 12.1 Å². The summed E-state index contributed by atoms with van der Waals surface area (Å²) in [5.74, 6) is 1.34. The van der Waals surface area contributed by atoms with Crippen molar-refractivity contribution in [3.63, 3.8) is 0 Å². The lowest BCUT2D eigenvalue weighted by Gasteiger charge is -1.99. The van der Waals surface area contributed by atoms with Crippen LogP contribution in [0.15, 0.2) is 22.8 Å². The first-order valence-corrected chi connectivity index (χ1v) is 3.04.